The van der Waals surface area contributed by atoms with Gasteiger partial charge in [-0.05, 0) is 24.5 Å². The number of carbonyl (C=O) groups is 2. The van der Waals surface area contributed by atoms with Gasteiger partial charge in [-0.15, -0.1) is 0 Å². The van der Waals surface area contributed by atoms with Crippen molar-refractivity contribution in [2.45, 2.75) is 33.1 Å². The molecule has 4 nitrogen and oxygen atoms in total. The van der Waals surface area contributed by atoms with Crippen LogP contribution in [0.4, 0.5) is 0 Å². The van der Waals surface area contributed by atoms with E-state index in [4.69, 9.17) is 9.47 Å². The molecule has 0 N–H and O–H groups in total. The van der Waals surface area contributed by atoms with E-state index in [9.17, 15) is 9.59 Å². The second-order valence-electron chi connectivity index (χ2n) is 4.28. The van der Waals surface area contributed by atoms with Crippen molar-refractivity contribution in [3.63, 3.8) is 0 Å². The molecule has 0 aliphatic rings. The van der Waals surface area contributed by atoms with Crippen LogP contribution in [0.25, 0.3) is 0 Å². The Morgan fingerprint density at radius 3 is 2.45 bits per heavy atom. The molecule has 0 saturated heterocycles. The largest absolute Gasteiger partial charge is 0.463 e. The Hall–Kier alpha value is -2.10. The van der Waals surface area contributed by atoms with E-state index in [1.54, 1.807) is 12.1 Å². The summed E-state index contributed by atoms with van der Waals surface area (Å²) in [5, 5.41) is 0. The summed E-state index contributed by atoms with van der Waals surface area (Å²) < 4.78 is 10.0. The van der Waals surface area contributed by atoms with Gasteiger partial charge in [0.05, 0.1) is 6.61 Å². The first-order valence-corrected chi connectivity index (χ1v) is 6.82. The van der Waals surface area contributed by atoms with Crippen LogP contribution in [0.3, 0.4) is 0 Å². The molecule has 0 atom stereocenters. The third-order valence-electron chi connectivity index (χ3n) is 2.51. The molecule has 0 radical (unpaired) electrons. The SMILES string of the molecule is CCCOC(=O)/C=C/C(=O)Oc1ccccc1CCC. The van der Waals surface area contributed by atoms with Crippen molar-refractivity contribution >= 4 is 11.9 Å². The fraction of sp³-hybridized carbons (Fsp3) is 0.375. The number of esters is 2. The van der Waals surface area contributed by atoms with Crippen molar-refractivity contribution in [2.24, 2.45) is 0 Å². The number of rotatable bonds is 7. The van der Waals surface area contributed by atoms with E-state index in [-0.39, 0.29) is 0 Å². The van der Waals surface area contributed by atoms with Crippen LogP contribution in [0.15, 0.2) is 36.4 Å². The maximum Gasteiger partial charge on any atom is 0.336 e. The highest BCUT2D eigenvalue weighted by molar-refractivity contribution is 5.92. The molecule has 0 aliphatic carbocycles. The smallest absolute Gasteiger partial charge is 0.336 e. The zero-order valence-corrected chi connectivity index (χ0v) is 11.9. The Morgan fingerprint density at radius 1 is 1.05 bits per heavy atom. The zero-order valence-electron chi connectivity index (χ0n) is 11.9. The van der Waals surface area contributed by atoms with E-state index < -0.39 is 11.9 Å². The predicted molar refractivity (Wildman–Crippen MR) is 76.5 cm³/mol. The van der Waals surface area contributed by atoms with E-state index in [1.165, 1.54) is 0 Å². The molecule has 0 amide bonds. The lowest BCUT2D eigenvalue weighted by atomic mass is 10.1. The van der Waals surface area contributed by atoms with Crippen molar-refractivity contribution in [1.82, 2.24) is 0 Å². The van der Waals surface area contributed by atoms with Crippen molar-refractivity contribution in [2.75, 3.05) is 6.61 Å². The molecule has 4 heteroatoms. The summed E-state index contributed by atoms with van der Waals surface area (Å²) in [6, 6.07) is 7.37. The van der Waals surface area contributed by atoms with Crippen LogP contribution in [0.5, 0.6) is 5.75 Å². The van der Waals surface area contributed by atoms with Gasteiger partial charge in [0.25, 0.3) is 0 Å². The molecule has 20 heavy (non-hydrogen) atoms. The maximum atomic E-state index is 11.6. The van der Waals surface area contributed by atoms with Gasteiger partial charge >= 0.3 is 11.9 Å². The highest BCUT2D eigenvalue weighted by Crippen LogP contribution is 2.19. The average Bonchev–Trinajstić information content (AvgIpc) is 2.45. The molecule has 0 unspecified atom stereocenters. The van der Waals surface area contributed by atoms with E-state index >= 15 is 0 Å². The number of hydrogen-bond donors (Lipinski definition) is 0. The lowest BCUT2D eigenvalue weighted by Crippen LogP contribution is -2.08. The number of benzene rings is 1. The number of hydrogen-bond acceptors (Lipinski definition) is 4. The monoisotopic (exact) mass is 276 g/mol. The molecule has 1 aromatic rings. The van der Waals surface area contributed by atoms with Crippen molar-refractivity contribution in [3.8, 4) is 5.75 Å². The third kappa shape index (κ3) is 5.69. The van der Waals surface area contributed by atoms with E-state index in [1.807, 2.05) is 19.1 Å². The summed E-state index contributed by atoms with van der Waals surface area (Å²) >= 11 is 0. The summed E-state index contributed by atoms with van der Waals surface area (Å²) in [5.41, 5.74) is 0.977. The number of ether oxygens (including phenoxy) is 2. The van der Waals surface area contributed by atoms with Gasteiger partial charge in [0.2, 0.25) is 0 Å². The summed E-state index contributed by atoms with van der Waals surface area (Å²) in [6.45, 7) is 4.30. The minimum absolute atomic E-state index is 0.345. The van der Waals surface area contributed by atoms with Crippen LogP contribution < -0.4 is 4.74 Å². The first-order valence-electron chi connectivity index (χ1n) is 6.82. The van der Waals surface area contributed by atoms with Gasteiger partial charge in [-0.25, -0.2) is 9.59 Å². The number of aryl methyl sites for hydroxylation is 1. The maximum absolute atomic E-state index is 11.6. The molecule has 0 saturated carbocycles. The highest BCUT2D eigenvalue weighted by atomic mass is 16.5. The molecule has 1 aromatic carbocycles. The number of para-hydroxylation sites is 1. The first-order chi connectivity index (χ1) is 9.67. The van der Waals surface area contributed by atoms with E-state index in [0.717, 1.165) is 37.0 Å². The summed E-state index contributed by atoms with van der Waals surface area (Å²) in [6.07, 6.45) is 4.72. The molecule has 0 aliphatic heterocycles. The van der Waals surface area contributed by atoms with Crippen LogP contribution in [0, 0.1) is 0 Å². The quantitative estimate of drug-likeness (QED) is 0.436. The van der Waals surface area contributed by atoms with Crippen LogP contribution in [-0.2, 0) is 20.7 Å². The molecule has 0 fully saturated rings. The Labute approximate surface area is 119 Å². The van der Waals surface area contributed by atoms with E-state index in [2.05, 4.69) is 6.92 Å². The Balaban J connectivity index is 2.58. The molecule has 0 spiro atoms. The minimum atomic E-state index is -0.581. The van der Waals surface area contributed by atoms with Gasteiger partial charge < -0.3 is 9.47 Å². The molecule has 0 bridgehead atoms. The summed E-state index contributed by atoms with van der Waals surface area (Å²) in [7, 11) is 0. The van der Waals surface area contributed by atoms with Gasteiger partial charge in [0, 0.05) is 12.2 Å². The minimum Gasteiger partial charge on any atom is -0.463 e. The van der Waals surface area contributed by atoms with Gasteiger partial charge in [-0.3, -0.25) is 0 Å². The topological polar surface area (TPSA) is 52.6 Å². The molecule has 0 heterocycles. The summed E-state index contributed by atoms with van der Waals surface area (Å²) in [4.78, 5) is 22.8. The van der Waals surface area contributed by atoms with E-state index in [0.29, 0.717) is 12.4 Å². The van der Waals surface area contributed by atoms with Gasteiger partial charge in [-0.2, -0.15) is 0 Å². The Morgan fingerprint density at radius 2 is 1.75 bits per heavy atom. The molecular formula is C16H20O4. The molecule has 108 valence electrons. The predicted octanol–water partition coefficient (Wildman–Crippen LogP) is 3.05. The van der Waals surface area contributed by atoms with Crippen LogP contribution >= 0.6 is 0 Å². The van der Waals surface area contributed by atoms with Crippen LogP contribution in [0.2, 0.25) is 0 Å². The van der Waals surface area contributed by atoms with Gasteiger partial charge in [0.15, 0.2) is 0 Å². The second kappa shape index (κ2) is 8.91. The number of carbonyl (C=O) groups excluding carboxylic acids is 2. The Bertz CT molecular complexity index is 477. The van der Waals surface area contributed by atoms with Crippen molar-refractivity contribution in [1.29, 1.82) is 0 Å². The van der Waals surface area contributed by atoms with Crippen LogP contribution in [-0.4, -0.2) is 18.5 Å². The fourth-order valence-electron chi connectivity index (χ4n) is 1.61. The molecule has 0 aromatic heterocycles. The van der Waals surface area contributed by atoms with Crippen molar-refractivity contribution < 1.29 is 19.1 Å². The van der Waals surface area contributed by atoms with Gasteiger partial charge in [0.1, 0.15) is 5.75 Å². The van der Waals surface area contributed by atoms with Gasteiger partial charge in [-0.1, -0.05) is 38.5 Å². The zero-order chi connectivity index (χ0) is 14.8. The second-order valence-corrected chi connectivity index (χ2v) is 4.28. The van der Waals surface area contributed by atoms with Crippen molar-refractivity contribution in [3.05, 3.63) is 42.0 Å². The first kappa shape index (κ1) is 16.0. The average molecular weight is 276 g/mol. The Kier molecular flexibility index (Phi) is 7.11. The highest BCUT2D eigenvalue weighted by Gasteiger charge is 2.06. The standard InChI is InChI=1S/C16H20O4/c1-3-7-13-8-5-6-9-14(13)20-16(18)11-10-15(17)19-12-4-2/h5-6,8-11H,3-4,7,12H2,1-2H3/b11-10+. The summed E-state index contributed by atoms with van der Waals surface area (Å²) in [5.74, 6) is -0.585. The fourth-order valence-corrected chi connectivity index (χ4v) is 1.61. The third-order valence-corrected chi connectivity index (χ3v) is 2.51. The van der Waals surface area contributed by atoms with Crippen LogP contribution in [0.1, 0.15) is 32.3 Å². The lowest BCUT2D eigenvalue weighted by molar-refractivity contribution is -0.138. The molecular weight excluding hydrogens is 256 g/mol. The normalized spacial score (nSPS) is 10.5. The lowest BCUT2D eigenvalue weighted by Gasteiger charge is -2.07. The molecule has 1 rings (SSSR count).